The Morgan fingerprint density at radius 3 is 2.25 bits per heavy atom. The molecule has 1 N–H and O–H groups in total. The summed E-state index contributed by atoms with van der Waals surface area (Å²) in [4.78, 5) is 15.2. The second-order valence-electron chi connectivity index (χ2n) is 5.02. The van der Waals surface area contributed by atoms with Crippen LogP contribution in [0.4, 0.5) is 11.9 Å². The monoisotopic (exact) mass is 281 g/mol. The van der Waals surface area contributed by atoms with Gasteiger partial charge in [0.15, 0.2) is 0 Å². The van der Waals surface area contributed by atoms with Crippen LogP contribution < -0.4 is 15.0 Å². The Morgan fingerprint density at radius 1 is 1.10 bits per heavy atom. The summed E-state index contributed by atoms with van der Waals surface area (Å²) in [7, 11) is 2.02. The molecule has 0 fully saturated rings. The van der Waals surface area contributed by atoms with Gasteiger partial charge >= 0.3 is 6.01 Å². The van der Waals surface area contributed by atoms with Crippen LogP contribution in [0.3, 0.4) is 0 Å². The van der Waals surface area contributed by atoms with Crippen molar-refractivity contribution in [3.05, 3.63) is 0 Å². The van der Waals surface area contributed by atoms with Crippen LogP contribution in [0.2, 0.25) is 0 Å². The molecule has 1 aromatic rings. The summed E-state index contributed by atoms with van der Waals surface area (Å²) in [6.45, 7) is 11.0. The first-order valence-electron chi connectivity index (χ1n) is 7.41. The molecule has 0 saturated carbocycles. The van der Waals surface area contributed by atoms with E-state index in [2.05, 4.69) is 39.0 Å². The molecule has 0 aliphatic rings. The summed E-state index contributed by atoms with van der Waals surface area (Å²) >= 11 is 0. The molecule has 0 unspecified atom stereocenters. The summed E-state index contributed by atoms with van der Waals surface area (Å²) < 4.78 is 5.61. The highest BCUT2D eigenvalue weighted by Crippen LogP contribution is 2.19. The zero-order valence-electron chi connectivity index (χ0n) is 13.5. The third kappa shape index (κ3) is 4.51. The molecule has 0 atom stereocenters. The van der Waals surface area contributed by atoms with Crippen LogP contribution in [-0.2, 0) is 0 Å². The first-order valence-corrected chi connectivity index (χ1v) is 7.41. The molecular formula is C14H27N5O. The van der Waals surface area contributed by atoms with Crippen molar-refractivity contribution < 1.29 is 4.74 Å². The number of nitrogens with one attached hydrogen (secondary N) is 1. The van der Waals surface area contributed by atoms with Gasteiger partial charge in [-0.1, -0.05) is 13.8 Å². The zero-order valence-corrected chi connectivity index (χ0v) is 13.5. The average molecular weight is 281 g/mol. The number of hydrogen-bond donors (Lipinski definition) is 1. The Hall–Kier alpha value is -1.59. The van der Waals surface area contributed by atoms with E-state index in [4.69, 9.17) is 4.74 Å². The van der Waals surface area contributed by atoms with Crippen LogP contribution in [0.1, 0.15) is 47.5 Å². The predicted octanol–water partition coefficient (Wildman–Crippen LogP) is 2.72. The molecule has 1 heterocycles. The fourth-order valence-electron chi connectivity index (χ4n) is 2.00. The summed E-state index contributed by atoms with van der Waals surface area (Å²) in [5.74, 6) is 1.21. The van der Waals surface area contributed by atoms with Crippen molar-refractivity contribution in [1.82, 2.24) is 15.0 Å². The maximum absolute atomic E-state index is 5.61. The van der Waals surface area contributed by atoms with E-state index in [0.717, 1.165) is 19.4 Å². The summed E-state index contributed by atoms with van der Waals surface area (Å²) in [5, 5.41) is 3.12. The molecule has 1 rings (SSSR count). The molecular weight excluding hydrogens is 254 g/mol. The Labute approximate surface area is 122 Å². The van der Waals surface area contributed by atoms with Gasteiger partial charge in [0.25, 0.3) is 0 Å². The van der Waals surface area contributed by atoms with Crippen molar-refractivity contribution in [3.8, 4) is 6.01 Å². The second kappa shape index (κ2) is 7.87. The molecule has 6 nitrogen and oxygen atoms in total. The molecule has 6 heteroatoms. The van der Waals surface area contributed by atoms with E-state index in [1.165, 1.54) is 0 Å². The van der Waals surface area contributed by atoms with Crippen molar-refractivity contribution in [2.45, 2.75) is 59.6 Å². The maximum atomic E-state index is 5.61. The van der Waals surface area contributed by atoms with Gasteiger partial charge in [0.2, 0.25) is 11.9 Å². The van der Waals surface area contributed by atoms with Crippen molar-refractivity contribution in [2.24, 2.45) is 0 Å². The van der Waals surface area contributed by atoms with Crippen LogP contribution in [-0.4, -0.2) is 40.7 Å². The molecule has 20 heavy (non-hydrogen) atoms. The lowest BCUT2D eigenvalue weighted by Gasteiger charge is -2.26. The van der Waals surface area contributed by atoms with Gasteiger partial charge in [-0.2, -0.15) is 15.0 Å². The van der Waals surface area contributed by atoms with Crippen molar-refractivity contribution in [3.63, 3.8) is 0 Å². The Bertz CT molecular complexity index is 407. The molecule has 1 aromatic heterocycles. The maximum Gasteiger partial charge on any atom is 0.323 e. The van der Waals surface area contributed by atoms with E-state index in [9.17, 15) is 0 Å². The molecule has 0 spiro atoms. The van der Waals surface area contributed by atoms with Gasteiger partial charge in [-0.05, 0) is 33.6 Å². The summed E-state index contributed by atoms with van der Waals surface area (Å²) in [6, 6.07) is 0.789. The fourth-order valence-corrected chi connectivity index (χ4v) is 2.00. The van der Waals surface area contributed by atoms with Gasteiger partial charge in [0.1, 0.15) is 0 Å². The fraction of sp³-hybridized carbons (Fsp3) is 0.786. The molecule has 0 aromatic carbocycles. The molecule has 0 aliphatic heterocycles. The first-order chi connectivity index (χ1) is 9.51. The van der Waals surface area contributed by atoms with E-state index >= 15 is 0 Å². The topological polar surface area (TPSA) is 63.2 Å². The minimum atomic E-state index is 0.0400. The van der Waals surface area contributed by atoms with Crippen LogP contribution >= 0.6 is 0 Å². The smallest absolute Gasteiger partial charge is 0.323 e. The summed E-state index contributed by atoms with van der Waals surface area (Å²) in [6.07, 6.45) is 2.14. The Balaban J connectivity index is 3.06. The normalized spacial score (nSPS) is 11.0. The highest BCUT2D eigenvalue weighted by atomic mass is 16.5. The van der Waals surface area contributed by atoms with E-state index in [1.807, 2.05) is 27.8 Å². The average Bonchev–Trinajstić information content (AvgIpc) is 2.39. The molecule has 0 saturated heterocycles. The predicted molar refractivity (Wildman–Crippen MR) is 82.5 cm³/mol. The SMILES string of the molecule is CCNc1nc(OC(C)C)nc(N(C)C(CC)CC)n1. The first kappa shape index (κ1) is 16.5. The number of hydrogen-bond acceptors (Lipinski definition) is 6. The van der Waals surface area contributed by atoms with E-state index < -0.39 is 0 Å². The second-order valence-corrected chi connectivity index (χ2v) is 5.02. The van der Waals surface area contributed by atoms with Gasteiger partial charge in [0, 0.05) is 19.6 Å². The van der Waals surface area contributed by atoms with E-state index in [1.54, 1.807) is 0 Å². The third-order valence-corrected chi connectivity index (χ3v) is 3.08. The number of anilines is 2. The lowest BCUT2D eigenvalue weighted by Crippen LogP contribution is -2.32. The minimum absolute atomic E-state index is 0.0400. The molecule has 0 amide bonds. The minimum Gasteiger partial charge on any atom is -0.461 e. The van der Waals surface area contributed by atoms with Crippen LogP contribution in [0, 0.1) is 0 Å². The molecule has 0 radical (unpaired) electrons. The quantitative estimate of drug-likeness (QED) is 0.790. The standard InChI is InChI=1S/C14H27N5O/c1-7-11(8-2)19(6)13-16-12(15-9-3)17-14(18-13)20-10(4)5/h10-11H,7-9H2,1-6H3,(H,15,16,17,18). The van der Waals surface area contributed by atoms with Gasteiger partial charge < -0.3 is 15.0 Å². The van der Waals surface area contributed by atoms with Gasteiger partial charge in [-0.3, -0.25) is 0 Å². The Kier molecular flexibility index (Phi) is 6.48. The van der Waals surface area contributed by atoms with Crippen LogP contribution in [0.15, 0.2) is 0 Å². The van der Waals surface area contributed by atoms with Crippen LogP contribution in [0.5, 0.6) is 6.01 Å². The Morgan fingerprint density at radius 2 is 1.75 bits per heavy atom. The number of ether oxygens (including phenoxy) is 1. The van der Waals surface area contributed by atoms with Gasteiger partial charge in [-0.15, -0.1) is 0 Å². The zero-order chi connectivity index (χ0) is 15.1. The van der Waals surface area contributed by atoms with E-state index in [-0.39, 0.29) is 6.10 Å². The number of aromatic nitrogens is 3. The highest BCUT2D eigenvalue weighted by Gasteiger charge is 2.17. The molecule has 0 bridgehead atoms. The number of rotatable bonds is 8. The third-order valence-electron chi connectivity index (χ3n) is 3.08. The summed E-state index contributed by atoms with van der Waals surface area (Å²) in [5.41, 5.74) is 0. The van der Waals surface area contributed by atoms with Crippen molar-refractivity contribution >= 4 is 11.9 Å². The molecule has 114 valence electrons. The van der Waals surface area contributed by atoms with Crippen LogP contribution in [0.25, 0.3) is 0 Å². The van der Waals surface area contributed by atoms with Crippen molar-refractivity contribution in [2.75, 3.05) is 23.8 Å². The van der Waals surface area contributed by atoms with Crippen molar-refractivity contribution in [1.29, 1.82) is 0 Å². The lowest BCUT2D eigenvalue weighted by atomic mass is 10.1. The van der Waals surface area contributed by atoms with Gasteiger partial charge in [-0.25, -0.2) is 0 Å². The van der Waals surface area contributed by atoms with E-state index in [0.29, 0.717) is 23.9 Å². The number of nitrogens with zero attached hydrogens (tertiary/aromatic N) is 4. The molecule has 0 aliphatic carbocycles. The lowest BCUT2D eigenvalue weighted by molar-refractivity contribution is 0.222. The highest BCUT2D eigenvalue weighted by molar-refractivity contribution is 5.38. The largest absolute Gasteiger partial charge is 0.461 e. The van der Waals surface area contributed by atoms with Gasteiger partial charge in [0.05, 0.1) is 6.10 Å².